The summed E-state index contributed by atoms with van der Waals surface area (Å²) in [5, 5.41) is 20.7. The van der Waals surface area contributed by atoms with Crippen LogP contribution >= 0.6 is 0 Å². The molecule has 3 saturated carbocycles. The maximum absolute atomic E-state index is 13.8. The molecule has 0 heterocycles. The number of primary sulfonamides is 1. The van der Waals surface area contributed by atoms with E-state index in [9.17, 15) is 27.9 Å². The van der Waals surface area contributed by atoms with Crippen LogP contribution in [0.15, 0.2) is 0 Å². The Morgan fingerprint density at radius 3 is 1.98 bits per heavy atom. The zero-order valence-electron chi connectivity index (χ0n) is 28.1. The number of sulfonamides is 1. The summed E-state index contributed by atoms with van der Waals surface area (Å²) in [7, 11) is -2.23. The smallest absolute Gasteiger partial charge is 0.234 e. The molecule has 12 heteroatoms. The molecule has 45 heavy (non-hydrogen) atoms. The first kappa shape index (κ1) is 37.7. The van der Waals surface area contributed by atoms with E-state index in [0.717, 1.165) is 51.4 Å². The molecule has 3 amide bonds. The molecule has 3 aliphatic rings. The van der Waals surface area contributed by atoms with Crippen molar-refractivity contribution in [3.8, 4) is 0 Å². The zero-order valence-corrected chi connectivity index (χ0v) is 28.9. The molecular formula is C33H61N5O6S. The molecule has 5 unspecified atom stereocenters. The van der Waals surface area contributed by atoms with Crippen molar-refractivity contribution in [3.05, 3.63) is 0 Å². The summed E-state index contributed by atoms with van der Waals surface area (Å²) in [6.45, 7) is 5.30. The van der Waals surface area contributed by atoms with Gasteiger partial charge >= 0.3 is 0 Å². The first-order valence-electron chi connectivity index (χ1n) is 17.7. The van der Waals surface area contributed by atoms with E-state index in [1.54, 1.807) is 17.0 Å². The van der Waals surface area contributed by atoms with E-state index < -0.39 is 39.3 Å². The van der Waals surface area contributed by atoms with Crippen LogP contribution in [0.25, 0.3) is 0 Å². The van der Waals surface area contributed by atoms with Crippen LogP contribution < -0.4 is 15.9 Å². The highest BCUT2D eigenvalue weighted by Crippen LogP contribution is 2.35. The minimum Gasteiger partial charge on any atom is -0.390 e. The van der Waals surface area contributed by atoms with Gasteiger partial charge in [0.2, 0.25) is 27.7 Å². The van der Waals surface area contributed by atoms with Crippen LogP contribution in [0.5, 0.6) is 0 Å². The quantitative estimate of drug-likeness (QED) is 0.185. The van der Waals surface area contributed by atoms with Gasteiger partial charge in [0.05, 0.1) is 17.4 Å². The summed E-state index contributed by atoms with van der Waals surface area (Å²) in [5.41, 5.74) is 2.90. The number of nitrogens with zero attached hydrogens (tertiary/aromatic N) is 2. The Morgan fingerprint density at radius 1 is 0.867 bits per heavy atom. The molecule has 0 radical (unpaired) electrons. The van der Waals surface area contributed by atoms with Gasteiger partial charge in [0, 0.05) is 44.9 Å². The molecule has 5 atom stereocenters. The first-order valence-corrected chi connectivity index (χ1v) is 19.3. The van der Waals surface area contributed by atoms with Crippen molar-refractivity contribution in [1.82, 2.24) is 20.7 Å². The van der Waals surface area contributed by atoms with Crippen molar-refractivity contribution in [2.75, 3.05) is 26.7 Å². The maximum Gasteiger partial charge on any atom is 0.234 e. The number of hydrogen-bond donors (Lipinski definition) is 4. The summed E-state index contributed by atoms with van der Waals surface area (Å²) in [6.07, 6.45) is 13.3. The van der Waals surface area contributed by atoms with Crippen LogP contribution in [-0.4, -0.2) is 85.2 Å². The minimum atomic E-state index is -3.96. The summed E-state index contributed by atoms with van der Waals surface area (Å²) in [5.74, 6) is -1.08. The predicted octanol–water partition coefficient (Wildman–Crippen LogP) is 3.46. The fourth-order valence-corrected chi connectivity index (χ4v) is 8.84. The monoisotopic (exact) mass is 655 g/mol. The van der Waals surface area contributed by atoms with Crippen molar-refractivity contribution in [3.63, 3.8) is 0 Å². The van der Waals surface area contributed by atoms with Crippen LogP contribution in [0.4, 0.5) is 0 Å². The Labute approximate surface area is 271 Å². The Balaban J connectivity index is 1.70. The van der Waals surface area contributed by atoms with Crippen molar-refractivity contribution in [1.29, 1.82) is 0 Å². The second kappa shape index (κ2) is 18.5. The van der Waals surface area contributed by atoms with Gasteiger partial charge in [-0.05, 0) is 63.2 Å². The summed E-state index contributed by atoms with van der Waals surface area (Å²) in [4.78, 5) is 41.8. The highest BCUT2D eigenvalue weighted by Gasteiger charge is 2.42. The molecule has 0 saturated heterocycles. The van der Waals surface area contributed by atoms with Crippen molar-refractivity contribution in [2.24, 2.45) is 28.8 Å². The average Bonchev–Trinajstić information content (AvgIpc) is 3.00. The number of nitrogens with one attached hydrogen (secondary N) is 2. The van der Waals surface area contributed by atoms with E-state index in [0.29, 0.717) is 37.8 Å². The number of aliphatic hydroxyl groups excluding tert-OH is 1. The van der Waals surface area contributed by atoms with E-state index >= 15 is 0 Å². The number of hydrogen-bond acceptors (Lipinski definition) is 7. The zero-order chi connectivity index (χ0) is 33.0. The molecule has 0 aromatic rings. The van der Waals surface area contributed by atoms with E-state index in [4.69, 9.17) is 5.14 Å². The molecule has 3 aliphatic carbocycles. The van der Waals surface area contributed by atoms with E-state index in [2.05, 4.69) is 10.7 Å². The number of carbonyl (C=O) groups is 3. The van der Waals surface area contributed by atoms with Gasteiger partial charge in [0.25, 0.3) is 0 Å². The molecule has 5 N–H and O–H groups in total. The van der Waals surface area contributed by atoms with Gasteiger partial charge in [-0.25, -0.2) is 18.6 Å². The number of rotatable bonds is 16. The maximum atomic E-state index is 13.8. The molecule has 0 spiro atoms. The van der Waals surface area contributed by atoms with Gasteiger partial charge in [0.15, 0.2) is 0 Å². The predicted molar refractivity (Wildman–Crippen MR) is 176 cm³/mol. The lowest BCUT2D eigenvalue weighted by atomic mass is 9.79. The van der Waals surface area contributed by atoms with Crippen LogP contribution in [0.1, 0.15) is 123 Å². The summed E-state index contributed by atoms with van der Waals surface area (Å²) in [6, 6.07) is -0.570. The summed E-state index contributed by atoms with van der Waals surface area (Å²) < 4.78 is 25.0. The van der Waals surface area contributed by atoms with Crippen molar-refractivity contribution in [2.45, 2.75) is 140 Å². The first-order chi connectivity index (χ1) is 21.4. The van der Waals surface area contributed by atoms with Gasteiger partial charge in [-0.3, -0.25) is 19.8 Å². The largest absolute Gasteiger partial charge is 0.390 e. The molecular weight excluding hydrogens is 594 g/mol. The highest BCUT2D eigenvalue weighted by atomic mass is 32.2. The topological polar surface area (TPSA) is 162 Å². The number of hydrazine groups is 1. The van der Waals surface area contributed by atoms with Crippen LogP contribution in [-0.2, 0) is 24.4 Å². The lowest BCUT2D eigenvalue weighted by Crippen LogP contribution is -2.54. The number of aliphatic hydroxyl groups is 1. The number of carbonyl (C=O) groups excluding carboxylic acids is 3. The van der Waals surface area contributed by atoms with Gasteiger partial charge in [-0.15, -0.1) is 0 Å². The minimum absolute atomic E-state index is 0.0549. The number of likely N-dealkylation sites (N-methyl/N-ethyl adjacent to an activating group) is 1. The van der Waals surface area contributed by atoms with E-state index in [1.165, 1.54) is 25.7 Å². The fraction of sp³-hybridized carbons (Fsp3) is 0.909. The van der Waals surface area contributed by atoms with Gasteiger partial charge < -0.3 is 15.3 Å². The van der Waals surface area contributed by atoms with Crippen molar-refractivity contribution < 1.29 is 27.9 Å². The molecule has 11 nitrogen and oxygen atoms in total. The van der Waals surface area contributed by atoms with Gasteiger partial charge in [0.1, 0.15) is 0 Å². The third-order valence-electron chi connectivity index (χ3n) is 10.2. The van der Waals surface area contributed by atoms with Crippen LogP contribution in [0, 0.1) is 23.7 Å². The lowest BCUT2D eigenvalue weighted by molar-refractivity contribution is -0.138. The van der Waals surface area contributed by atoms with Crippen LogP contribution in [0.3, 0.4) is 0 Å². The molecule has 0 aromatic carbocycles. The molecule has 3 fully saturated rings. The van der Waals surface area contributed by atoms with Gasteiger partial charge in [-0.1, -0.05) is 65.2 Å². The van der Waals surface area contributed by atoms with Crippen molar-refractivity contribution >= 4 is 27.7 Å². The van der Waals surface area contributed by atoms with Gasteiger partial charge in [-0.2, -0.15) is 0 Å². The third kappa shape index (κ3) is 12.4. The fourth-order valence-electron chi connectivity index (χ4n) is 7.84. The number of nitrogens with two attached hydrogens (primary N) is 1. The SMILES string of the molecule is CCCN(CCC)C(=O)C1CC(C(=O)NC(CC2CCCCC2)C(O)CN(C)NC(=O)CC2CCCCC2)CC(S(N)(=O)=O)C1. The van der Waals surface area contributed by atoms with Crippen LogP contribution in [0.2, 0.25) is 0 Å². The average molecular weight is 656 g/mol. The second-order valence-corrected chi connectivity index (χ2v) is 16.0. The molecule has 0 bridgehead atoms. The Hall–Kier alpha value is -1.76. The Bertz CT molecular complexity index is 1040. The Morgan fingerprint density at radius 2 is 1.42 bits per heavy atom. The molecule has 260 valence electrons. The standard InChI is InChI=1S/C33H61N5O6S/c1-4-16-38(17-5-2)33(42)27-20-26(21-28(22-27)45(34,43)44)32(41)35-29(18-24-12-8-6-9-13-24)30(39)23-37(3)36-31(40)19-25-14-10-7-11-15-25/h24-30,39H,4-23H2,1-3H3,(H,35,41)(H,36,40)(H2,34,43,44). The number of amides is 3. The Kier molecular flexibility index (Phi) is 15.5. The van der Waals surface area contributed by atoms with E-state index in [1.807, 2.05) is 13.8 Å². The third-order valence-corrected chi connectivity index (χ3v) is 11.5. The highest BCUT2D eigenvalue weighted by molar-refractivity contribution is 7.89. The second-order valence-electron chi connectivity index (χ2n) is 14.2. The molecule has 0 aliphatic heterocycles. The molecule has 0 aromatic heterocycles. The lowest BCUT2D eigenvalue weighted by Gasteiger charge is -2.37. The normalized spacial score (nSPS) is 25.0. The summed E-state index contributed by atoms with van der Waals surface area (Å²) >= 11 is 0. The molecule has 3 rings (SSSR count). The van der Waals surface area contributed by atoms with E-state index in [-0.39, 0.29) is 43.5 Å².